The van der Waals surface area contributed by atoms with Crippen LogP contribution in [0.15, 0.2) is 16.8 Å². The average Bonchev–Trinajstić information content (AvgIpc) is 2.70. The van der Waals surface area contributed by atoms with E-state index in [0.717, 1.165) is 5.56 Å². The maximum absolute atomic E-state index is 12.1. The number of carboxylic acids is 1. The molecule has 0 radical (unpaired) electrons. The molecule has 0 bridgehead atoms. The number of thiophene rings is 1. The third-order valence-electron chi connectivity index (χ3n) is 2.75. The Morgan fingerprint density at radius 2 is 2.12 bits per heavy atom. The van der Waals surface area contributed by atoms with Crippen LogP contribution in [-0.2, 0) is 16.0 Å². The predicted molar refractivity (Wildman–Crippen MR) is 67.1 cm³/mol. The molecule has 0 aromatic carbocycles. The lowest BCUT2D eigenvalue weighted by Crippen LogP contribution is -2.53. The second kappa shape index (κ2) is 5.31. The molecule has 17 heavy (non-hydrogen) atoms. The van der Waals surface area contributed by atoms with Gasteiger partial charge in [0.15, 0.2) is 0 Å². The van der Waals surface area contributed by atoms with Crippen LogP contribution < -0.4 is 0 Å². The summed E-state index contributed by atoms with van der Waals surface area (Å²) in [4.78, 5) is 24.6. The van der Waals surface area contributed by atoms with E-state index in [0.29, 0.717) is 6.54 Å². The second-order valence-electron chi connectivity index (χ2n) is 4.31. The van der Waals surface area contributed by atoms with Crippen LogP contribution in [0.3, 0.4) is 0 Å². The number of hydrogen-bond donors (Lipinski definition) is 1. The largest absolute Gasteiger partial charge is 0.480 e. The molecule has 1 rings (SSSR count). The summed E-state index contributed by atoms with van der Waals surface area (Å²) < 4.78 is 0. The van der Waals surface area contributed by atoms with E-state index in [1.54, 1.807) is 20.8 Å². The topological polar surface area (TPSA) is 57.6 Å². The van der Waals surface area contributed by atoms with E-state index in [1.807, 2.05) is 16.8 Å². The number of carbonyl (C=O) groups excluding carboxylic acids is 1. The van der Waals surface area contributed by atoms with Gasteiger partial charge in [0, 0.05) is 6.54 Å². The zero-order valence-corrected chi connectivity index (χ0v) is 11.1. The van der Waals surface area contributed by atoms with Crippen LogP contribution in [0.4, 0.5) is 0 Å². The molecule has 0 aliphatic rings. The lowest BCUT2D eigenvalue weighted by atomic mass is 10.0. The van der Waals surface area contributed by atoms with Crippen molar-refractivity contribution in [3.8, 4) is 0 Å². The minimum Gasteiger partial charge on any atom is -0.480 e. The lowest BCUT2D eigenvalue weighted by molar-refractivity contribution is -0.156. The molecule has 1 aromatic rings. The maximum atomic E-state index is 12.1. The van der Waals surface area contributed by atoms with Crippen LogP contribution in [0, 0.1) is 0 Å². The molecule has 1 N–H and O–H groups in total. The first-order valence-corrected chi connectivity index (χ1v) is 6.38. The highest BCUT2D eigenvalue weighted by atomic mass is 32.1. The number of aliphatic carboxylic acids is 1. The fraction of sp³-hybridized carbons (Fsp3) is 0.500. The second-order valence-corrected chi connectivity index (χ2v) is 5.09. The van der Waals surface area contributed by atoms with Gasteiger partial charge in [-0.2, -0.15) is 11.3 Å². The first-order valence-electron chi connectivity index (χ1n) is 5.44. The first kappa shape index (κ1) is 13.7. The van der Waals surface area contributed by atoms with Gasteiger partial charge in [-0.15, -0.1) is 0 Å². The smallest absolute Gasteiger partial charge is 0.329 e. The first-order chi connectivity index (χ1) is 7.89. The van der Waals surface area contributed by atoms with Crippen molar-refractivity contribution in [3.63, 3.8) is 0 Å². The van der Waals surface area contributed by atoms with Gasteiger partial charge in [-0.25, -0.2) is 4.79 Å². The van der Waals surface area contributed by atoms with Crippen LogP contribution in [0.5, 0.6) is 0 Å². The normalized spacial score (nSPS) is 11.2. The van der Waals surface area contributed by atoms with Crippen molar-refractivity contribution < 1.29 is 14.7 Å². The van der Waals surface area contributed by atoms with E-state index in [-0.39, 0.29) is 12.3 Å². The van der Waals surface area contributed by atoms with Crippen molar-refractivity contribution in [3.05, 3.63) is 22.4 Å². The van der Waals surface area contributed by atoms with E-state index in [2.05, 4.69) is 0 Å². The molecular weight excluding hydrogens is 238 g/mol. The van der Waals surface area contributed by atoms with E-state index >= 15 is 0 Å². The van der Waals surface area contributed by atoms with Gasteiger partial charge in [0.05, 0.1) is 6.42 Å². The van der Waals surface area contributed by atoms with Crippen molar-refractivity contribution in [2.75, 3.05) is 6.54 Å². The fourth-order valence-corrected chi connectivity index (χ4v) is 2.33. The summed E-state index contributed by atoms with van der Waals surface area (Å²) in [5, 5.41) is 12.9. The molecule has 94 valence electrons. The van der Waals surface area contributed by atoms with E-state index in [4.69, 9.17) is 5.11 Å². The quantitative estimate of drug-likeness (QED) is 0.875. The Balaban J connectivity index is 2.81. The molecule has 1 amide bonds. The Hall–Kier alpha value is -1.36. The Morgan fingerprint density at radius 3 is 2.53 bits per heavy atom. The monoisotopic (exact) mass is 255 g/mol. The highest BCUT2D eigenvalue weighted by Crippen LogP contribution is 2.17. The number of nitrogens with zero attached hydrogens (tertiary/aromatic N) is 1. The Labute approximate surface area is 105 Å². The van der Waals surface area contributed by atoms with Crippen LogP contribution in [-0.4, -0.2) is 34.0 Å². The van der Waals surface area contributed by atoms with Crippen molar-refractivity contribution in [1.29, 1.82) is 0 Å². The molecule has 0 saturated carbocycles. The zero-order chi connectivity index (χ0) is 13.1. The summed E-state index contributed by atoms with van der Waals surface area (Å²) in [7, 11) is 0. The number of likely N-dealkylation sites (N-methyl/N-ethyl adjacent to an activating group) is 1. The summed E-state index contributed by atoms with van der Waals surface area (Å²) in [6.45, 7) is 5.27. The number of hydrogen-bond acceptors (Lipinski definition) is 3. The van der Waals surface area contributed by atoms with Crippen molar-refractivity contribution in [1.82, 2.24) is 4.90 Å². The van der Waals surface area contributed by atoms with Gasteiger partial charge in [0.2, 0.25) is 5.91 Å². The Morgan fingerprint density at radius 1 is 1.47 bits per heavy atom. The molecule has 0 atom stereocenters. The standard InChI is InChI=1S/C12H17NO3S/c1-4-13(12(2,3)11(15)16)10(14)7-9-5-6-17-8-9/h5-6,8H,4,7H2,1-3H3,(H,15,16). The van der Waals surface area contributed by atoms with Gasteiger partial charge in [-0.3, -0.25) is 4.79 Å². The maximum Gasteiger partial charge on any atom is 0.329 e. The summed E-state index contributed by atoms with van der Waals surface area (Å²) in [5.41, 5.74) is -0.235. The molecule has 4 nitrogen and oxygen atoms in total. The molecule has 5 heteroatoms. The minimum atomic E-state index is -1.16. The van der Waals surface area contributed by atoms with Gasteiger partial charge >= 0.3 is 5.97 Å². The third kappa shape index (κ3) is 3.06. The van der Waals surface area contributed by atoms with Gasteiger partial charge in [-0.1, -0.05) is 0 Å². The summed E-state index contributed by atoms with van der Waals surface area (Å²) in [6.07, 6.45) is 0.258. The fourth-order valence-electron chi connectivity index (χ4n) is 1.66. The van der Waals surface area contributed by atoms with Gasteiger partial charge in [-0.05, 0) is 43.2 Å². The molecule has 0 aliphatic carbocycles. The Bertz CT molecular complexity index is 398. The zero-order valence-electron chi connectivity index (χ0n) is 10.3. The van der Waals surface area contributed by atoms with Crippen LogP contribution in [0.25, 0.3) is 0 Å². The SMILES string of the molecule is CCN(C(=O)Cc1ccsc1)C(C)(C)C(=O)O. The van der Waals surface area contributed by atoms with Crippen LogP contribution in [0.2, 0.25) is 0 Å². The summed E-state index contributed by atoms with van der Waals surface area (Å²) in [5.74, 6) is -1.14. The van der Waals surface area contributed by atoms with Crippen LogP contribution in [0.1, 0.15) is 26.3 Å². The molecular formula is C12H17NO3S. The van der Waals surface area contributed by atoms with E-state index < -0.39 is 11.5 Å². The van der Waals surface area contributed by atoms with Crippen molar-refractivity contribution in [2.24, 2.45) is 0 Å². The minimum absolute atomic E-state index is 0.154. The lowest BCUT2D eigenvalue weighted by Gasteiger charge is -2.34. The highest BCUT2D eigenvalue weighted by molar-refractivity contribution is 7.07. The number of amides is 1. The molecule has 0 spiro atoms. The molecule has 1 heterocycles. The van der Waals surface area contributed by atoms with E-state index in [9.17, 15) is 9.59 Å². The molecule has 0 aliphatic heterocycles. The van der Waals surface area contributed by atoms with Gasteiger partial charge in [0.25, 0.3) is 0 Å². The number of carboxylic acid groups (broad SMARTS) is 1. The molecule has 0 unspecified atom stereocenters. The Kier molecular flexibility index (Phi) is 4.28. The predicted octanol–water partition coefficient (Wildman–Crippen LogP) is 2.00. The molecule has 1 aromatic heterocycles. The van der Waals surface area contributed by atoms with Gasteiger partial charge in [0.1, 0.15) is 5.54 Å². The van der Waals surface area contributed by atoms with Gasteiger partial charge < -0.3 is 10.0 Å². The molecule has 0 fully saturated rings. The number of rotatable bonds is 5. The highest BCUT2D eigenvalue weighted by Gasteiger charge is 2.36. The average molecular weight is 255 g/mol. The van der Waals surface area contributed by atoms with Crippen LogP contribution >= 0.6 is 11.3 Å². The van der Waals surface area contributed by atoms with Crippen molar-refractivity contribution >= 4 is 23.2 Å². The number of carbonyl (C=O) groups is 2. The molecule has 0 saturated heterocycles. The third-order valence-corrected chi connectivity index (χ3v) is 3.48. The van der Waals surface area contributed by atoms with Crippen molar-refractivity contribution in [2.45, 2.75) is 32.7 Å². The van der Waals surface area contributed by atoms with E-state index in [1.165, 1.54) is 16.2 Å². The summed E-state index contributed by atoms with van der Waals surface area (Å²) >= 11 is 1.53. The summed E-state index contributed by atoms with van der Waals surface area (Å²) in [6, 6.07) is 1.88.